The van der Waals surface area contributed by atoms with Crippen molar-refractivity contribution in [2.45, 2.75) is 43.6 Å². The highest BCUT2D eigenvalue weighted by molar-refractivity contribution is 6.33. The van der Waals surface area contributed by atoms with E-state index in [4.69, 9.17) is 0 Å². The lowest BCUT2D eigenvalue weighted by atomic mass is 9.86. The second-order valence-corrected chi connectivity index (χ2v) is 12.2. The molecule has 0 unspecified atom stereocenters. The Morgan fingerprint density at radius 3 is 0.732 bits per heavy atom. The molecular formula is C48H56N4O4. The Kier molecular flexibility index (Phi) is 16.5. The number of anilines is 4. The fraction of sp³-hybridized carbons (Fsp3) is 0.208. The van der Waals surface area contributed by atoms with Gasteiger partial charge in [0, 0.05) is 83.0 Å². The lowest BCUT2D eigenvalue weighted by Crippen LogP contribution is -2.43. The molecule has 2 heterocycles. The first kappa shape index (κ1) is 45.6. The van der Waals surface area contributed by atoms with Crippen LogP contribution in [0.2, 0.25) is 0 Å². The van der Waals surface area contributed by atoms with Gasteiger partial charge in [-0.15, -0.1) is 0 Å². The highest BCUT2D eigenvalue weighted by atomic mass is 16.2. The Labute approximate surface area is 333 Å². The number of hydrogen-bond donors (Lipinski definition) is 0. The third-order valence-electron chi connectivity index (χ3n) is 9.27. The van der Waals surface area contributed by atoms with Crippen LogP contribution in [0.25, 0.3) is 10.8 Å². The summed E-state index contributed by atoms with van der Waals surface area (Å²) in [6, 6.07) is 47.6. The fourth-order valence-electron chi connectivity index (χ4n) is 6.45. The SMILES string of the molecule is C.C.C.C.CCN1C(=O)c2ccc3c4c(ccc(c24)C1=O)C(=O)N(CC)C3=O.CN(c1ccccc1)c1ccccc1.CN(c1ccccc1)c1ccccc1. The summed E-state index contributed by atoms with van der Waals surface area (Å²) >= 11 is 0. The highest BCUT2D eigenvalue weighted by Gasteiger charge is 2.38. The van der Waals surface area contributed by atoms with Gasteiger partial charge in [0.1, 0.15) is 0 Å². The van der Waals surface area contributed by atoms with Gasteiger partial charge in [-0.2, -0.15) is 0 Å². The molecule has 8 rings (SSSR count). The number of hydrogen-bond acceptors (Lipinski definition) is 6. The molecule has 0 aliphatic carbocycles. The van der Waals surface area contributed by atoms with Crippen LogP contribution in [-0.4, -0.2) is 60.6 Å². The fourth-order valence-corrected chi connectivity index (χ4v) is 6.45. The molecule has 0 saturated carbocycles. The summed E-state index contributed by atoms with van der Waals surface area (Å²) in [6.45, 7) is 4.00. The number of rotatable bonds is 6. The first-order valence-electron chi connectivity index (χ1n) is 17.3. The van der Waals surface area contributed by atoms with Gasteiger partial charge in [0.15, 0.2) is 0 Å². The minimum Gasteiger partial charge on any atom is -0.345 e. The quantitative estimate of drug-likeness (QED) is 0.158. The van der Waals surface area contributed by atoms with Gasteiger partial charge in [-0.1, -0.05) is 103 Å². The summed E-state index contributed by atoms with van der Waals surface area (Å²) in [4.78, 5) is 57.0. The topological polar surface area (TPSA) is 81.2 Å². The minimum absolute atomic E-state index is 0. The first-order chi connectivity index (χ1) is 25.3. The summed E-state index contributed by atoms with van der Waals surface area (Å²) < 4.78 is 0. The minimum atomic E-state index is -0.392. The van der Waals surface area contributed by atoms with E-state index in [2.05, 4.69) is 121 Å². The van der Waals surface area contributed by atoms with Gasteiger partial charge in [-0.3, -0.25) is 29.0 Å². The van der Waals surface area contributed by atoms with Crippen molar-refractivity contribution < 1.29 is 19.2 Å². The van der Waals surface area contributed by atoms with Crippen LogP contribution in [0.4, 0.5) is 22.7 Å². The Morgan fingerprint density at radius 2 is 0.554 bits per heavy atom. The zero-order valence-electron chi connectivity index (χ0n) is 29.7. The molecule has 0 saturated heterocycles. The number of imide groups is 2. The van der Waals surface area contributed by atoms with Crippen LogP contribution in [0, 0.1) is 0 Å². The Balaban J connectivity index is 0.000000296. The number of benzene rings is 6. The Bertz CT molecular complexity index is 1920. The summed E-state index contributed by atoms with van der Waals surface area (Å²) in [7, 11) is 4.15. The number of carbonyl (C=O) groups is 4. The van der Waals surface area contributed by atoms with Gasteiger partial charge in [0.2, 0.25) is 0 Å². The van der Waals surface area contributed by atoms with Crippen LogP contribution < -0.4 is 9.80 Å². The van der Waals surface area contributed by atoms with Crippen LogP contribution >= 0.6 is 0 Å². The smallest absolute Gasteiger partial charge is 0.261 e. The number of carbonyl (C=O) groups excluding carboxylic acids is 4. The lowest BCUT2D eigenvalue weighted by Gasteiger charge is -2.31. The van der Waals surface area contributed by atoms with Gasteiger partial charge in [0.05, 0.1) is 0 Å². The molecule has 2 aliphatic heterocycles. The van der Waals surface area contributed by atoms with Gasteiger partial charge in [-0.25, -0.2) is 0 Å². The van der Waals surface area contributed by atoms with Crippen molar-refractivity contribution in [3.63, 3.8) is 0 Å². The first-order valence-corrected chi connectivity index (χ1v) is 17.3. The maximum atomic E-state index is 12.6. The molecule has 2 aliphatic rings. The molecule has 8 heteroatoms. The van der Waals surface area contributed by atoms with E-state index < -0.39 is 23.6 Å². The standard InChI is InChI=1S/C18H14N2O4.2C13H13N.4CH4/c1-3-19-15(21)9-5-7-11-14-12(18(24)20(4-2)17(11)23)8-6-10(13(9)14)16(19)22;2*1-14(12-8-4-2-5-9-12)13-10-6-3-7-11-13;;;;/h5-8H,3-4H2,1-2H3;2*2-11H,1H3;4*1H4. The Morgan fingerprint density at radius 1 is 0.357 bits per heavy atom. The van der Waals surface area contributed by atoms with E-state index in [1.807, 2.05) is 24.3 Å². The maximum Gasteiger partial charge on any atom is 0.261 e. The summed E-state index contributed by atoms with van der Waals surface area (Å²) in [5.41, 5.74) is 6.26. The van der Waals surface area contributed by atoms with Crippen molar-refractivity contribution in [1.82, 2.24) is 9.80 Å². The van der Waals surface area contributed by atoms with Crippen molar-refractivity contribution in [3.05, 3.63) is 168 Å². The van der Waals surface area contributed by atoms with E-state index in [1.54, 1.807) is 38.1 Å². The van der Waals surface area contributed by atoms with Crippen LogP contribution in [0.5, 0.6) is 0 Å². The molecule has 0 aromatic heterocycles. The lowest BCUT2D eigenvalue weighted by molar-refractivity contribution is 0.0597. The summed E-state index contributed by atoms with van der Waals surface area (Å²) in [5, 5.41) is 0.837. The average Bonchev–Trinajstić information content (AvgIpc) is 3.21. The predicted octanol–water partition coefficient (Wildman–Crippen LogP) is 11.5. The highest BCUT2D eigenvalue weighted by Crippen LogP contribution is 2.37. The van der Waals surface area contributed by atoms with E-state index in [0.29, 0.717) is 33.0 Å². The predicted molar refractivity (Wildman–Crippen MR) is 235 cm³/mol. The van der Waals surface area contributed by atoms with Gasteiger partial charge in [0.25, 0.3) is 23.6 Å². The number of amides is 4. The van der Waals surface area contributed by atoms with Crippen molar-refractivity contribution in [3.8, 4) is 0 Å². The molecular weight excluding hydrogens is 697 g/mol. The van der Waals surface area contributed by atoms with Crippen LogP contribution in [0.3, 0.4) is 0 Å². The zero-order valence-corrected chi connectivity index (χ0v) is 29.7. The van der Waals surface area contributed by atoms with Crippen molar-refractivity contribution >= 4 is 57.2 Å². The number of para-hydroxylation sites is 4. The average molecular weight is 753 g/mol. The largest absolute Gasteiger partial charge is 0.345 e. The van der Waals surface area contributed by atoms with Gasteiger partial charge >= 0.3 is 0 Å². The molecule has 56 heavy (non-hydrogen) atoms. The van der Waals surface area contributed by atoms with E-state index in [1.165, 1.54) is 32.5 Å². The monoisotopic (exact) mass is 752 g/mol. The van der Waals surface area contributed by atoms with Crippen molar-refractivity contribution in [2.24, 2.45) is 0 Å². The van der Waals surface area contributed by atoms with Gasteiger partial charge in [-0.05, 0) is 86.6 Å². The molecule has 8 nitrogen and oxygen atoms in total. The molecule has 0 fully saturated rings. The second-order valence-electron chi connectivity index (χ2n) is 12.2. The van der Waals surface area contributed by atoms with Crippen LogP contribution in [0.1, 0.15) is 85.0 Å². The number of nitrogens with zero attached hydrogens (tertiary/aromatic N) is 4. The van der Waals surface area contributed by atoms with E-state index >= 15 is 0 Å². The Hall–Kier alpha value is -6.54. The van der Waals surface area contributed by atoms with Crippen LogP contribution in [0.15, 0.2) is 146 Å². The third kappa shape index (κ3) is 8.87. The molecule has 6 aromatic carbocycles. The molecule has 4 amide bonds. The normalized spacial score (nSPS) is 11.9. The molecule has 0 N–H and O–H groups in total. The third-order valence-corrected chi connectivity index (χ3v) is 9.27. The molecule has 0 bridgehead atoms. The molecule has 6 aromatic rings. The van der Waals surface area contributed by atoms with Crippen molar-refractivity contribution in [2.75, 3.05) is 37.0 Å². The molecule has 0 radical (unpaired) electrons. The van der Waals surface area contributed by atoms with E-state index in [0.717, 1.165) is 0 Å². The molecule has 0 atom stereocenters. The van der Waals surface area contributed by atoms with Gasteiger partial charge < -0.3 is 9.80 Å². The summed E-state index contributed by atoms with van der Waals surface area (Å²) in [5.74, 6) is -1.57. The van der Waals surface area contributed by atoms with Crippen molar-refractivity contribution in [1.29, 1.82) is 0 Å². The van der Waals surface area contributed by atoms with E-state index in [9.17, 15) is 19.2 Å². The van der Waals surface area contributed by atoms with Crippen LogP contribution in [-0.2, 0) is 0 Å². The molecule has 292 valence electrons. The zero-order chi connectivity index (χ0) is 36.8. The van der Waals surface area contributed by atoms with E-state index in [-0.39, 0.29) is 42.8 Å². The maximum absolute atomic E-state index is 12.6. The second kappa shape index (κ2) is 20.2. The summed E-state index contributed by atoms with van der Waals surface area (Å²) in [6.07, 6.45) is 0. The molecule has 0 spiro atoms.